The standard InChI is InChI=1S/C17H28N2O/c1-14(9-12-20)19-17(13-18)10-7-16(8-11-17)15-5-3-2-4-6-15/h2-6,14,16,19-20H,7-13,18H2,1H3. The van der Waals surface area contributed by atoms with Gasteiger partial charge in [0.15, 0.2) is 0 Å². The van der Waals surface area contributed by atoms with E-state index in [1.54, 1.807) is 0 Å². The molecule has 0 saturated heterocycles. The summed E-state index contributed by atoms with van der Waals surface area (Å²) < 4.78 is 0. The van der Waals surface area contributed by atoms with E-state index in [0.717, 1.165) is 19.3 Å². The van der Waals surface area contributed by atoms with E-state index in [1.165, 1.54) is 18.4 Å². The van der Waals surface area contributed by atoms with Crippen molar-refractivity contribution in [3.05, 3.63) is 35.9 Å². The maximum absolute atomic E-state index is 9.04. The van der Waals surface area contributed by atoms with E-state index in [2.05, 4.69) is 42.6 Å². The summed E-state index contributed by atoms with van der Waals surface area (Å²) in [4.78, 5) is 0. The van der Waals surface area contributed by atoms with Gasteiger partial charge < -0.3 is 16.2 Å². The molecule has 1 aliphatic carbocycles. The van der Waals surface area contributed by atoms with Crippen molar-refractivity contribution in [3.8, 4) is 0 Å². The molecule has 112 valence electrons. The molecule has 0 aromatic heterocycles. The molecule has 20 heavy (non-hydrogen) atoms. The van der Waals surface area contributed by atoms with Crippen LogP contribution in [-0.2, 0) is 0 Å². The Morgan fingerprint density at radius 2 is 1.95 bits per heavy atom. The fourth-order valence-corrected chi connectivity index (χ4v) is 3.42. The highest BCUT2D eigenvalue weighted by atomic mass is 16.3. The van der Waals surface area contributed by atoms with Crippen LogP contribution < -0.4 is 11.1 Å². The summed E-state index contributed by atoms with van der Waals surface area (Å²) in [5, 5.41) is 12.7. The zero-order chi connectivity index (χ0) is 14.4. The van der Waals surface area contributed by atoms with Gasteiger partial charge in [0.25, 0.3) is 0 Å². The van der Waals surface area contributed by atoms with Crippen LogP contribution in [0.4, 0.5) is 0 Å². The van der Waals surface area contributed by atoms with Crippen LogP contribution in [0.5, 0.6) is 0 Å². The first-order valence-corrected chi connectivity index (χ1v) is 7.83. The number of nitrogens with two attached hydrogens (primary N) is 1. The fourth-order valence-electron chi connectivity index (χ4n) is 3.42. The summed E-state index contributed by atoms with van der Waals surface area (Å²) >= 11 is 0. The molecule has 1 fully saturated rings. The zero-order valence-corrected chi connectivity index (χ0v) is 12.5. The van der Waals surface area contributed by atoms with Crippen LogP contribution in [0.2, 0.25) is 0 Å². The van der Waals surface area contributed by atoms with Crippen molar-refractivity contribution in [2.45, 2.75) is 56.5 Å². The van der Waals surface area contributed by atoms with Crippen molar-refractivity contribution in [1.82, 2.24) is 5.32 Å². The molecule has 1 saturated carbocycles. The normalized spacial score (nSPS) is 28.2. The summed E-state index contributed by atoms with van der Waals surface area (Å²) in [5.74, 6) is 0.672. The van der Waals surface area contributed by atoms with E-state index in [4.69, 9.17) is 10.8 Å². The predicted octanol–water partition coefficient (Wildman–Crippen LogP) is 2.40. The quantitative estimate of drug-likeness (QED) is 0.748. The largest absolute Gasteiger partial charge is 0.396 e. The molecule has 0 spiro atoms. The first-order chi connectivity index (χ1) is 9.69. The highest BCUT2D eigenvalue weighted by Gasteiger charge is 2.35. The summed E-state index contributed by atoms with van der Waals surface area (Å²) in [7, 11) is 0. The molecule has 0 bridgehead atoms. The Morgan fingerprint density at radius 3 is 2.50 bits per heavy atom. The van der Waals surface area contributed by atoms with Crippen LogP contribution in [0.15, 0.2) is 30.3 Å². The second kappa shape index (κ2) is 7.21. The Morgan fingerprint density at radius 1 is 1.30 bits per heavy atom. The number of hydrogen-bond donors (Lipinski definition) is 3. The molecular formula is C17H28N2O. The molecule has 3 nitrogen and oxygen atoms in total. The monoisotopic (exact) mass is 276 g/mol. The van der Waals surface area contributed by atoms with Crippen LogP contribution in [0.25, 0.3) is 0 Å². The van der Waals surface area contributed by atoms with Gasteiger partial charge in [-0.05, 0) is 50.5 Å². The van der Waals surface area contributed by atoms with Gasteiger partial charge in [-0.3, -0.25) is 0 Å². The van der Waals surface area contributed by atoms with Gasteiger partial charge in [-0.2, -0.15) is 0 Å². The molecule has 1 unspecified atom stereocenters. The minimum atomic E-state index is 0.0693. The zero-order valence-electron chi connectivity index (χ0n) is 12.5. The van der Waals surface area contributed by atoms with Crippen molar-refractivity contribution in [2.24, 2.45) is 5.73 Å². The summed E-state index contributed by atoms with van der Waals surface area (Å²) in [5.41, 5.74) is 7.57. The van der Waals surface area contributed by atoms with E-state index in [1.807, 2.05) is 0 Å². The molecule has 0 heterocycles. The number of aliphatic hydroxyl groups excluding tert-OH is 1. The molecule has 0 aliphatic heterocycles. The molecule has 3 heteroatoms. The first kappa shape index (κ1) is 15.5. The third kappa shape index (κ3) is 3.81. The lowest BCUT2D eigenvalue weighted by Gasteiger charge is -2.42. The number of benzene rings is 1. The van der Waals surface area contributed by atoms with Crippen molar-refractivity contribution < 1.29 is 5.11 Å². The van der Waals surface area contributed by atoms with Crippen molar-refractivity contribution in [1.29, 1.82) is 0 Å². The van der Waals surface area contributed by atoms with Gasteiger partial charge in [-0.15, -0.1) is 0 Å². The minimum Gasteiger partial charge on any atom is -0.396 e. The molecule has 4 N–H and O–H groups in total. The Bertz CT molecular complexity index is 385. The summed E-state index contributed by atoms with van der Waals surface area (Å²) in [6, 6.07) is 11.1. The van der Waals surface area contributed by atoms with Gasteiger partial charge in [0, 0.05) is 24.7 Å². The Labute approximate surface area is 122 Å². The Hall–Kier alpha value is -0.900. The molecule has 1 aromatic carbocycles. The van der Waals surface area contributed by atoms with E-state index in [-0.39, 0.29) is 12.1 Å². The highest BCUT2D eigenvalue weighted by molar-refractivity contribution is 5.20. The summed E-state index contributed by atoms with van der Waals surface area (Å²) in [6.45, 7) is 3.06. The van der Waals surface area contributed by atoms with Crippen LogP contribution >= 0.6 is 0 Å². The predicted molar refractivity (Wildman–Crippen MR) is 83.7 cm³/mol. The van der Waals surface area contributed by atoms with Gasteiger partial charge in [-0.1, -0.05) is 30.3 Å². The molecular weight excluding hydrogens is 248 g/mol. The maximum atomic E-state index is 9.04. The molecule has 0 amide bonds. The average Bonchev–Trinajstić information content (AvgIpc) is 2.49. The second-order valence-electron chi connectivity index (χ2n) is 6.23. The third-order valence-electron chi connectivity index (χ3n) is 4.72. The molecule has 1 aromatic rings. The van der Waals surface area contributed by atoms with E-state index >= 15 is 0 Å². The van der Waals surface area contributed by atoms with E-state index in [0.29, 0.717) is 18.5 Å². The van der Waals surface area contributed by atoms with Crippen LogP contribution in [0, 0.1) is 0 Å². The molecule has 1 aliphatic rings. The van der Waals surface area contributed by atoms with Crippen molar-refractivity contribution in [3.63, 3.8) is 0 Å². The van der Waals surface area contributed by atoms with Crippen molar-refractivity contribution in [2.75, 3.05) is 13.2 Å². The average molecular weight is 276 g/mol. The number of nitrogens with one attached hydrogen (secondary N) is 1. The SMILES string of the molecule is CC(CCO)NC1(CN)CCC(c2ccccc2)CC1. The van der Waals surface area contributed by atoms with E-state index in [9.17, 15) is 0 Å². The number of rotatable bonds is 6. The van der Waals surface area contributed by atoms with Crippen molar-refractivity contribution >= 4 is 0 Å². The Balaban J connectivity index is 1.93. The minimum absolute atomic E-state index is 0.0693. The third-order valence-corrected chi connectivity index (χ3v) is 4.72. The van der Waals surface area contributed by atoms with Gasteiger partial charge in [0.2, 0.25) is 0 Å². The van der Waals surface area contributed by atoms with Crippen LogP contribution in [0.3, 0.4) is 0 Å². The smallest absolute Gasteiger partial charge is 0.0445 e. The summed E-state index contributed by atoms with van der Waals surface area (Å²) in [6.07, 6.45) is 5.43. The lowest BCUT2D eigenvalue weighted by molar-refractivity contribution is 0.186. The van der Waals surface area contributed by atoms with Gasteiger partial charge >= 0.3 is 0 Å². The molecule has 2 rings (SSSR count). The number of hydrogen-bond acceptors (Lipinski definition) is 3. The van der Waals surface area contributed by atoms with E-state index < -0.39 is 0 Å². The second-order valence-corrected chi connectivity index (χ2v) is 6.23. The van der Waals surface area contributed by atoms with Gasteiger partial charge in [0.1, 0.15) is 0 Å². The fraction of sp³-hybridized carbons (Fsp3) is 0.647. The maximum Gasteiger partial charge on any atom is 0.0445 e. The van der Waals surface area contributed by atoms with Crippen LogP contribution in [0.1, 0.15) is 50.5 Å². The highest BCUT2D eigenvalue weighted by Crippen LogP contribution is 2.37. The topological polar surface area (TPSA) is 58.3 Å². The van der Waals surface area contributed by atoms with Crippen LogP contribution in [-0.4, -0.2) is 29.8 Å². The van der Waals surface area contributed by atoms with Gasteiger partial charge in [0.05, 0.1) is 0 Å². The first-order valence-electron chi connectivity index (χ1n) is 7.83. The Kier molecular flexibility index (Phi) is 5.58. The lowest BCUT2D eigenvalue weighted by Crippen LogP contribution is -2.56. The lowest BCUT2D eigenvalue weighted by atomic mass is 9.74. The molecule has 0 radical (unpaired) electrons. The van der Waals surface area contributed by atoms with Gasteiger partial charge in [-0.25, -0.2) is 0 Å². The molecule has 1 atom stereocenters. The number of aliphatic hydroxyl groups is 1.